The molecule has 0 aliphatic rings. The van der Waals surface area contributed by atoms with Gasteiger partial charge in [0.2, 0.25) is 5.91 Å². The molecule has 6 nitrogen and oxygen atoms in total. The number of aryl methyl sites for hydroxylation is 1. The molecule has 0 saturated carbocycles. The molecule has 0 bridgehead atoms. The Hall–Kier alpha value is -3.58. The number of carbonyl (C=O) groups excluding carboxylic acids is 1. The lowest BCUT2D eigenvalue weighted by atomic mass is 10.1. The molecule has 0 fully saturated rings. The summed E-state index contributed by atoms with van der Waals surface area (Å²) in [4.78, 5) is 12.7. The zero-order chi connectivity index (χ0) is 23.2. The van der Waals surface area contributed by atoms with Crippen LogP contribution in [0, 0.1) is 6.92 Å². The largest absolute Gasteiger partial charge is 0.495 e. The van der Waals surface area contributed by atoms with Gasteiger partial charge in [-0.05, 0) is 31.5 Å². The second-order valence-corrected chi connectivity index (χ2v) is 8.61. The number of para-hydroxylation sites is 2. The fraction of sp³-hybridized carbons (Fsp3) is 0.192. The second-order valence-electron chi connectivity index (χ2n) is 7.67. The van der Waals surface area contributed by atoms with Crippen molar-refractivity contribution in [1.82, 2.24) is 20.1 Å². The summed E-state index contributed by atoms with van der Waals surface area (Å²) in [6, 6.07) is 25.7. The number of nitrogens with one attached hydrogen (secondary N) is 1. The van der Waals surface area contributed by atoms with Crippen LogP contribution in [0.5, 0.6) is 5.75 Å². The lowest BCUT2D eigenvalue weighted by Crippen LogP contribution is -2.28. The van der Waals surface area contributed by atoms with Gasteiger partial charge in [-0.25, -0.2) is 0 Å². The normalized spacial score (nSPS) is 11.7. The predicted molar refractivity (Wildman–Crippen MR) is 132 cm³/mol. The van der Waals surface area contributed by atoms with Crippen LogP contribution in [0.15, 0.2) is 84.0 Å². The monoisotopic (exact) mass is 458 g/mol. The maximum absolute atomic E-state index is 12.7. The molecule has 1 atom stereocenters. The third-order valence-corrected chi connectivity index (χ3v) is 6.21. The van der Waals surface area contributed by atoms with Crippen LogP contribution in [-0.4, -0.2) is 33.5 Å². The topological polar surface area (TPSA) is 69.0 Å². The molecule has 7 heteroatoms. The van der Waals surface area contributed by atoms with E-state index in [1.807, 2.05) is 97.3 Å². The van der Waals surface area contributed by atoms with Gasteiger partial charge in [0.05, 0.1) is 24.6 Å². The van der Waals surface area contributed by atoms with Crippen molar-refractivity contribution in [2.24, 2.45) is 0 Å². The molecule has 1 aromatic heterocycles. The van der Waals surface area contributed by atoms with Crippen molar-refractivity contribution in [3.05, 3.63) is 90.0 Å². The van der Waals surface area contributed by atoms with Crippen molar-refractivity contribution in [2.45, 2.75) is 25.0 Å². The number of amides is 1. The molecule has 168 valence electrons. The van der Waals surface area contributed by atoms with E-state index in [0.717, 1.165) is 16.8 Å². The highest BCUT2D eigenvalue weighted by Gasteiger charge is 2.20. The summed E-state index contributed by atoms with van der Waals surface area (Å²) in [6.07, 6.45) is 0. The predicted octanol–water partition coefficient (Wildman–Crippen LogP) is 5.22. The quantitative estimate of drug-likeness (QED) is 0.367. The van der Waals surface area contributed by atoms with Crippen molar-refractivity contribution >= 4 is 17.7 Å². The number of hydrogen-bond acceptors (Lipinski definition) is 5. The SMILES string of the molecule is COc1ccccc1-n1c(SCC(=O)NC(C)c2ccccc2)nnc1-c1ccc(C)cc1. The molecule has 0 aliphatic carbocycles. The van der Waals surface area contributed by atoms with Gasteiger partial charge in [0.15, 0.2) is 11.0 Å². The molecule has 0 radical (unpaired) electrons. The molecule has 4 rings (SSSR count). The molecule has 1 N–H and O–H groups in total. The number of rotatable bonds is 8. The van der Waals surface area contributed by atoms with Crippen LogP contribution in [0.3, 0.4) is 0 Å². The first kappa shape index (κ1) is 22.6. The Bertz CT molecular complexity index is 1220. The van der Waals surface area contributed by atoms with E-state index < -0.39 is 0 Å². The highest BCUT2D eigenvalue weighted by molar-refractivity contribution is 7.99. The number of ether oxygens (including phenoxy) is 1. The van der Waals surface area contributed by atoms with Gasteiger partial charge in [0, 0.05) is 5.56 Å². The summed E-state index contributed by atoms with van der Waals surface area (Å²) < 4.78 is 7.54. The first-order valence-electron chi connectivity index (χ1n) is 10.7. The van der Waals surface area contributed by atoms with Crippen LogP contribution in [0.25, 0.3) is 17.1 Å². The Balaban J connectivity index is 1.60. The zero-order valence-electron chi connectivity index (χ0n) is 18.9. The summed E-state index contributed by atoms with van der Waals surface area (Å²) in [6.45, 7) is 4.02. The summed E-state index contributed by atoms with van der Waals surface area (Å²) in [5.74, 6) is 1.55. The van der Waals surface area contributed by atoms with Crippen LogP contribution >= 0.6 is 11.8 Å². The zero-order valence-corrected chi connectivity index (χ0v) is 19.7. The van der Waals surface area contributed by atoms with Crippen LogP contribution in [0.2, 0.25) is 0 Å². The standard InChI is InChI=1S/C26H26N4O2S/c1-18-13-15-21(16-14-18)25-28-29-26(30(25)22-11-7-8-12-23(22)32-3)33-17-24(31)27-19(2)20-9-5-4-6-10-20/h4-16,19H,17H2,1-3H3,(H,27,31). The molecule has 3 aromatic carbocycles. The van der Waals surface area contributed by atoms with E-state index in [-0.39, 0.29) is 17.7 Å². The number of methoxy groups -OCH3 is 1. The number of carbonyl (C=O) groups is 1. The molecule has 0 saturated heterocycles. The van der Waals surface area contributed by atoms with Gasteiger partial charge in [-0.2, -0.15) is 0 Å². The van der Waals surface area contributed by atoms with E-state index >= 15 is 0 Å². The van der Waals surface area contributed by atoms with E-state index in [0.29, 0.717) is 16.7 Å². The number of hydrogen-bond donors (Lipinski definition) is 1. The van der Waals surface area contributed by atoms with Crippen LogP contribution in [-0.2, 0) is 4.79 Å². The first-order valence-corrected chi connectivity index (χ1v) is 11.7. The Labute approximate surface area is 198 Å². The first-order chi connectivity index (χ1) is 16.1. The summed E-state index contributed by atoms with van der Waals surface area (Å²) in [5.41, 5.74) is 3.99. The fourth-order valence-corrected chi connectivity index (χ4v) is 4.28. The van der Waals surface area contributed by atoms with Gasteiger partial charge in [-0.3, -0.25) is 9.36 Å². The average molecular weight is 459 g/mol. The Morgan fingerprint density at radius 1 is 1.00 bits per heavy atom. The van der Waals surface area contributed by atoms with E-state index in [4.69, 9.17) is 4.74 Å². The number of aromatic nitrogens is 3. The van der Waals surface area contributed by atoms with Gasteiger partial charge in [-0.15, -0.1) is 10.2 Å². The maximum atomic E-state index is 12.7. The van der Waals surface area contributed by atoms with E-state index in [9.17, 15) is 4.79 Å². The second kappa shape index (κ2) is 10.4. The lowest BCUT2D eigenvalue weighted by Gasteiger charge is -2.15. The Morgan fingerprint density at radius 3 is 2.42 bits per heavy atom. The molecule has 1 heterocycles. The summed E-state index contributed by atoms with van der Waals surface area (Å²) in [5, 5.41) is 12.5. The fourth-order valence-electron chi connectivity index (χ4n) is 3.52. The van der Waals surface area contributed by atoms with Crippen molar-refractivity contribution in [3.8, 4) is 22.8 Å². The summed E-state index contributed by atoms with van der Waals surface area (Å²) >= 11 is 1.35. The van der Waals surface area contributed by atoms with Gasteiger partial charge in [0.1, 0.15) is 5.75 Å². The van der Waals surface area contributed by atoms with E-state index in [1.165, 1.54) is 17.3 Å². The molecule has 0 aliphatic heterocycles. The highest BCUT2D eigenvalue weighted by Crippen LogP contribution is 2.32. The minimum atomic E-state index is -0.0745. The molecule has 4 aromatic rings. The molecular weight excluding hydrogens is 432 g/mol. The van der Waals surface area contributed by atoms with Crippen LogP contribution in [0.1, 0.15) is 24.1 Å². The Morgan fingerprint density at radius 2 is 1.70 bits per heavy atom. The van der Waals surface area contributed by atoms with Crippen molar-refractivity contribution in [3.63, 3.8) is 0 Å². The van der Waals surface area contributed by atoms with Gasteiger partial charge in [0.25, 0.3) is 0 Å². The average Bonchev–Trinajstić information content (AvgIpc) is 3.27. The van der Waals surface area contributed by atoms with E-state index in [1.54, 1.807) is 7.11 Å². The minimum Gasteiger partial charge on any atom is -0.495 e. The van der Waals surface area contributed by atoms with Crippen LogP contribution in [0.4, 0.5) is 0 Å². The van der Waals surface area contributed by atoms with Crippen molar-refractivity contribution < 1.29 is 9.53 Å². The highest BCUT2D eigenvalue weighted by atomic mass is 32.2. The molecule has 0 spiro atoms. The van der Waals surface area contributed by atoms with E-state index in [2.05, 4.69) is 15.5 Å². The third kappa shape index (κ3) is 5.26. The Kier molecular flexibility index (Phi) is 7.10. The van der Waals surface area contributed by atoms with Crippen LogP contribution < -0.4 is 10.1 Å². The third-order valence-electron chi connectivity index (χ3n) is 5.28. The number of benzene rings is 3. The minimum absolute atomic E-state index is 0.0668. The molecule has 1 unspecified atom stereocenters. The lowest BCUT2D eigenvalue weighted by molar-refractivity contribution is -0.119. The maximum Gasteiger partial charge on any atom is 0.230 e. The number of nitrogens with zero attached hydrogens (tertiary/aromatic N) is 3. The molecule has 1 amide bonds. The van der Waals surface area contributed by atoms with Gasteiger partial charge in [-0.1, -0.05) is 84.1 Å². The summed E-state index contributed by atoms with van der Waals surface area (Å²) in [7, 11) is 1.64. The van der Waals surface area contributed by atoms with Gasteiger partial charge < -0.3 is 10.1 Å². The number of thioether (sulfide) groups is 1. The van der Waals surface area contributed by atoms with Crippen molar-refractivity contribution in [2.75, 3.05) is 12.9 Å². The molecular formula is C26H26N4O2S. The molecule has 33 heavy (non-hydrogen) atoms. The van der Waals surface area contributed by atoms with Gasteiger partial charge >= 0.3 is 0 Å². The smallest absolute Gasteiger partial charge is 0.230 e. The van der Waals surface area contributed by atoms with Crippen molar-refractivity contribution in [1.29, 1.82) is 0 Å².